The lowest BCUT2D eigenvalue weighted by Gasteiger charge is -2.22. The summed E-state index contributed by atoms with van der Waals surface area (Å²) in [4.78, 5) is 17.0. The Morgan fingerprint density at radius 3 is 2.71 bits per heavy atom. The van der Waals surface area contributed by atoms with Crippen molar-refractivity contribution in [3.05, 3.63) is 50.7 Å². The van der Waals surface area contributed by atoms with Gasteiger partial charge in [0.2, 0.25) is 0 Å². The van der Waals surface area contributed by atoms with Crippen molar-refractivity contribution in [3.63, 3.8) is 0 Å². The Hall–Kier alpha value is -2.12. The summed E-state index contributed by atoms with van der Waals surface area (Å²) in [6.45, 7) is 4.55. The lowest BCUT2D eigenvalue weighted by Crippen LogP contribution is -2.31. The van der Waals surface area contributed by atoms with E-state index in [1.165, 1.54) is 28.8 Å². The molecule has 0 radical (unpaired) electrons. The van der Waals surface area contributed by atoms with Crippen molar-refractivity contribution in [2.75, 3.05) is 11.4 Å². The van der Waals surface area contributed by atoms with Crippen molar-refractivity contribution in [2.24, 2.45) is 0 Å². The van der Waals surface area contributed by atoms with Crippen LogP contribution in [0.25, 0.3) is 0 Å². The zero-order valence-electron chi connectivity index (χ0n) is 14.3. The predicted octanol–water partition coefficient (Wildman–Crippen LogP) is 4.80. The van der Waals surface area contributed by atoms with Crippen molar-refractivity contribution < 1.29 is 4.79 Å². The molecule has 0 saturated heterocycles. The highest BCUT2D eigenvalue weighted by atomic mass is 32.1. The lowest BCUT2D eigenvalue weighted by molar-refractivity contribution is 0.0991. The van der Waals surface area contributed by atoms with Gasteiger partial charge in [-0.05, 0) is 74.4 Å². The number of fused-ring (bicyclic) bond motifs is 1. The molecule has 0 N–H and O–H groups in total. The minimum atomic E-state index is 0.0212. The molecule has 0 aliphatic heterocycles. The summed E-state index contributed by atoms with van der Waals surface area (Å²) < 4.78 is 0. The third-order valence-corrected chi connectivity index (χ3v) is 5.93. The summed E-state index contributed by atoms with van der Waals surface area (Å²) >= 11 is 1.63. The molecule has 124 valence electrons. The molecule has 1 aliphatic rings. The standard InChI is InChI=1S/C20H22N2OS/c1-14-8-9-17(12-15(14)2)22(11-5-10-21)20(23)19-13-16-6-3-4-7-18(16)24-19/h8-9,12-13H,3-7,11H2,1-2H3. The van der Waals surface area contributed by atoms with Crippen LogP contribution >= 0.6 is 11.3 Å². The van der Waals surface area contributed by atoms with E-state index in [-0.39, 0.29) is 5.91 Å². The highest BCUT2D eigenvalue weighted by molar-refractivity contribution is 7.14. The second kappa shape index (κ2) is 7.19. The molecule has 3 rings (SSSR count). The van der Waals surface area contributed by atoms with Crippen LogP contribution in [-0.2, 0) is 12.8 Å². The summed E-state index contributed by atoms with van der Waals surface area (Å²) in [6, 6.07) is 10.3. The number of nitrogens with zero attached hydrogens (tertiary/aromatic N) is 2. The Morgan fingerprint density at radius 1 is 1.21 bits per heavy atom. The lowest BCUT2D eigenvalue weighted by atomic mass is 9.99. The highest BCUT2D eigenvalue weighted by Gasteiger charge is 2.22. The van der Waals surface area contributed by atoms with E-state index in [9.17, 15) is 4.79 Å². The molecule has 1 aromatic carbocycles. The van der Waals surface area contributed by atoms with Crippen LogP contribution in [0, 0.1) is 25.2 Å². The zero-order valence-corrected chi connectivity index (χ0v) is 15.1. The van der Waals surface area contributed by atoms with Gasteiger partial charge in [-0.15, -0.1) is 11.3 Å². The quantitative estimate of drug-likeness (QED) is 0.803. The molecule has 0 atom stereocenters. The van der Waals surface area contributed by atoms with Crippen LogP contribution in [0.4, 0.5) is 5.69 Å². The first kappa shape index (κ1) is 16.7. The Labute approximate surface area is 147 Å². The van der Waals surface area contributed by atoms with Crippen LogP contribution in [-0.4, -0.2) is 12.5 Å². The fraction of sp³-hybridized carbons (Fsp3) is 0.400. The minimum absolute atomic E-state index is 0.0212. The summed E-state index contributed by atoms with van der Waals surface area (Å²) in [6.07, 6.45) is 4.95. The maximum absolute atomic E-state index is 13.1. The Morgan fingerprint density at radius 2 is 2.00 bits per heavy atom. The summed E-state index contributed by atoms with van der Waals surface area (Å²) in [5.74, 6) is 0.0212. The average Bonchev–Trinajstić information content (AvgIpc) is 3.02. The first-order valence-corrected chi connectivity index (χ1v) is 9.29. The number of carbonyl (C=O) groups is 1. The number of nitriles is 1. The maximum Gasteiger partial charge on any atom is 0.268 e. The predicted molar refractivity (Wildman–Crippen MR) is 98.8 cm³/mol. The second-order valence-corrected chi connectivity index (χ2v) is 7.54. The van der Waals surface area contributed by atoms with Gasteiger partial charge in [-0.2, -0.15) is 5.26 Å². The van der Waals surface area contributed by atoms with Crippen molar-refractivity contribution in [1.29, 1.82) is 5.26 Å². The fourth-order valence-corrected chi connectivity index (χ4v) is 4.33. The van der Waals surface area contributed by atoms with Crippen LogP contribution in [0.5, 0.6) is 0 Å². The normalized spacial score (nSPS) is 13.2. The van der Waals surface area contributed by atoms with E-state index in [4.69, 9.17) is 5.26 Å². The maximum atomic E-state index is 13.1. The topological polar surface area (TPSA) is 44.1 Å². The van der Waals surface area contributed by atoms with E-state index in [2.05, 4.69) is 26.0 Å². The van der Waals surface area contributed by atoms with Gasteiger partial charge in [-0.3, -0.25) is 4.79 Å². The minimum Gasteiger partial charge on any atom is -0.307 e. The van der Waals surface area contributed by atoms with E-state index in [0.717, 1.165) is 29.0 Å². The molecule has 1 heterocycles. The van der Waals surface area contributed by atoms with Gasteiger partial charge in [0, 0.05) is 17.1 Å². The van der Waals surface area contributed by atoms with Gasteiger partial charge in [0.25, 0.3) is 5.91 Å². The second-order valence-electron chi connectivity index (χ2n) is 6.40. The van der Waals surface area contributed by atoms with Gasteiger partial charge < -0.3 is 4.90 Å². The molecule has 0 unspecified atom stereocenters. The average molecular weight is 338 g/mol. The van der Waals surface area contributed by atoms with Crippen molar-refractivity contribution >= 4 is 22.9 Å². The zero-order chi connectivity index (χ0) is 17.1. The van der Waals surface area contributed by atoms with Gasteiger partial charge in [-0.25, -0.2) is 0 Å². The molecule has 24 heavy (non-hydrogen) atoms. The van der Waals surface area contributed by atoms with E-state index >= 15 is 0 Å². The molecule has 3 nitrogen and oxygen atoms in total. The number of carbonyl (C=O) groups excluding carboxylic acids is 1. The molecular formula is C20H22N2OS. The SMILES string of the molecule is Cc1ccc(N(CCC#N)C(=O)c2cc3c(s2)CCCC3)cc1C. The molecule has 0 saturated carbocycles. The molecule has 0 bridgehead atoms. The number of thiophene rings is 1. The summed E-state index contributed by atoms with van der Waals surface area (Å²) in [7, 11) is 0. The number of hydrogen-bond acceptors (Lipinski definition) is 3. The molecule has 0 fully saturated rings. The molecule has 2 aromatic rings. The largest absolute Gasteiger partial charge is 0.307 e. The summed E-state index contributed by atoms with van der Waals surface area (Å²) in [5, 5.41) is 8.96. The van der Waals surface area contributed by atoms with Crippen molar-refractivity contribution in [3.8, 4) is 6.07 Å². The smallest absolute Gasteiger partial charge is 0.268 e. The number of hydrogen-bond donors (Lipinski definition) is 0. The van der Waals surface area contributed by atoms with Gasteiger partial charge in [0.1, 0.15) is 0 Å². The molecule has 1 amide bonds. The number of amides is 1. The molecule has 0 spiro atoms. The molecule has 4 heteroatoms. The van der Waals surface area contributed by atoms with E-state index in [0.29, 0.717) is 13.0 Å². The van der Waals surface area contributed by atoms with Crippen LogP contribution < -0.4 is 4.90 Å². The molecular weight excluding hydrogens is 316 g/mol. The first-order chi connectivity index (χ1) is 11.6. The van der Waals surface area contributed by atoms with Gasteiger partial charge >= 0.3 is 0 Å². The first-order valence-electron chi connectivity index (χ1n) is 8.48. The number of aryl methyl sites for hydroxylation is 4. The Kier molecular flexibility index (Phi) is 5.01. The Balaban J connectivity index is 1.92. The van der Waals surface area contributed by atoms with Crippen LogP contribution in [0.1, 0.15) is 50.5 Å². The number of benzene rings is 1. The van der Waals surface area contributed by atoms with Crippen LogP contribution in [0.15, 0.2) is 24.3 Å². The molecule has 1 aliphatic carbocycles. The number of rotatable bonds is 4. The summed E-state index contributed by atoms with van der Waals surface area (Å²) in [5.41, 5.74) is 4.59. The third kappa shape index (κ3) is 3.37. The Bertz CT molecular complexity index is 777. The van der Waals surface area contributed by atoms with Crippen LogP contribution in [0.3, 0.4) is 0 Å². The van der Waals surface area contributed by atoms with Gasteiger partial charge in [0.15, 0.2) is 0 Å². The van der Waals surface area contributed by atoms with E-state index in [1.54, 1.807) is 16.2 Å². The van der Waals surface area contributed by atoms with Gasteiger partial charge in [0.05, 0.1) is 17.4 Å². The fourth-order valence-electron chi connectivity index (χ4n) is 3.13. The number of anilines is 1. The van der Waals surface area contributed by atoms with Gasteiger partial charge in [-0.1, -0.05) is 6.07 Å². The van der Waals surface area contributed by atoms with Crippen LogP contribution in [0.2, 0.25) is 0 Å². The third-order valence-electron chi connectivity index (χ3n) is 4.70. The van der Waals surface area contributed by atoms with E-state index < -0.39 is 0 Å². The van der Waals surface area contributed by atoms with Crippen molar-refractivity contribution in [2.45, 2.75) is 46.0 Å². The van der Waals surface area contributed by atoms with E-state index in [1.807, 2.05) is 18.2 Å². The highest BCUT2D eigenvalue weighted by Crippen LogP contribution is 2.31. The monoisotopic (exact) mass is 338 g/mol. The molecule has 1 aromatic heterocycles. The van der Waals surface area contributed by atoms with Crippen molar-refractivity contribution in [1.82, 2.24) is 0 Å².